The second-order valence-corrected chi connectivity index (χ2v) is 7.94. The second-order valence-electron chi connectivity index (χ2n) is 7.94. The third-order valence-corrected chi connectivity index (χ3v) is 5.66. The number of nitrogens with zero attached hydrogens (tertiary/aromatic N) is 2. The zero-order valence-electron chi connectivity index (χ0n) is 18.6. The Bertz CT molecular complexity index is 1020. The second kappa shape index (κ2) is 10.1. The minimum atomic E-state index is -1.59. The van der Waals surface area contributed by atoms with Gasteiger partial charge in [-0.1, -0.05) is 12.1 Å². The number of fused-ring (bicyclic) bond motifs is 1. The summed E-state index contributed by atoms with van der Waals surface area (Å²) in [5.41, 5.74) is 0.295. The van der Waals surface area contributed by atoms with Gasteiger partial charge in [-0.05, 0) is 31.9 Å². The topological polar surface area (TPSA) is 186 Å². The summed E-state index contributed by atoms with van der Waals surface area (Å²) < 4.78 is 5.32. The smallest absolute Gasteiger partial charge is 0.534 e. The first kappa shape index (κ1) is 25.0. The highest BCUT2D eigenvalue weighted by Crippen LogP contribution is 2.30. The van der Waals surface area contributed by atoms with Crippen molar-refractivity contribution >= 4 is 36.8 Å². The Morgan fingerprint density at radius 2 is 1.94 bits per heavy atom. The molecule has 13 nitrogen and oxygen atoms in total. The number of hydrogen-bond acceptors (Lipinski definition) is 8. The molecule has 0 unspecified atom stereocenters. The van der Waals surface area contributed by atoms with Crippen molar-refractivity contribution in [2.45, 2.75) is 38.4 Å². The molecule has 2 aliphatic heterocycles. The van der Waals surface area contributed by atoms with E-state index in [9.17, 15) is 39.2 Å². The van der Waals surface area contributed by atoms with Crippen molar-refractivity contribution in [1.29, 1.82) is 0 Å². The number of para-hydroxylation sites is 1. The van der Waals surface area contributed by atoms with Crippen molar-refractivity contribution in [2.75, 3.05) is 19.6 Å². The highest BCUT2D eigenvalue weighted by atomic mass is 16.5. The number of carboxylic acids is 1. The summed E-state index contributed by atoms with van der Waals surface area (Å²) in [7, 11) is -1.59. The molecule has 2 heterocycles. The number of aliphatic hydroxyl groups excluding tert-OH is 1. The highest BCUT2D eigenvalue weighted by molar-refractivity contribution is 6.47. The van der Waals surface area contributed by atoms with Crippen LogP contribution in [0.4, 0.5) is 4.79 Å². The van der Waals surface area contributed by atoms with Crippen molar-refractivity contribution in [3.63, 3.8) is 0 Å². The molecule has 5 N–H and O–H groups in total. The van der Waals surface area contributed by atoms with Gasteiger partial charge in [0.05, 0.1) is 17.6 Å². The Morgan fingerprint density at radius 3 is 2.56 bits per heavy atom. The van der Waals surface area contributed by atoms with Gasteiger partial charge in [-0.2, -0.15) is 0 Å². The third-order valence-electron chi connectivity index (χ3n) is 5.66. The number of urea groups is 1. The van der Waals surface area contributed by atoms with Crippen LogP contribution in [0.25, 0.3) is 0 Å². The van der Waals surface area contributed by atoms with Crippen LogP contribution in [-0.2, 0) is 20.8 Å². The molecule has 5 amide bonds. The number of carboxylic acid groups (broad SMARTS) is 1. The summed E-state index contributed by atoms with van der Waals surface area (Å²) in [5.74, 6) is -5.03. The van der Waals surface area contributed by atoms with E-state index in [1.54, 1.807) is 13.0 Å². The average molecular weight is 476 g/mol. The van der Waals surface area contributed by atoms with E-state index in [1.165, 1.54) is 24.0 Å². The number of imide groups is 1. The number of rotatable bonds is 6. The molecule has 2 aliphatic rings. The first-order valence-corrected chi connectivity index (χ1v) is 10.6. The minimum absolute atomic E-state index is 0.0113. The summed E-state index contributed by atoms with van der Waals surface area (Å²) in [4.78, 5) is 63.0. The van der Waals surface area contributed by atoms with Gasteiger partial charge < -0.3 is 35.4 Å². The van der Waals surface area contributed by atoms with E-state index in [0.29, 0.717) is 17.0 Å². The molecular formula is C20H25BN4O9. The maximum absolute atomic E-state index is 12.8. The predicted octanol–water partition coefficient (Wildman–Crippen LogP) is -2.03. The van der Waals surface area contributed by atoms with E-state index < -0.39 is 54.9 Å². The Balaban J connectivity index is 1.69. The van der Waals surface area contributed by atoms with Crippen molar-refractivity contribution in [3.05, 3.63) is 29.3 Å². The van der Waals surface area contributed by atoms with Gasteiger partial charge in [0.2, 0.25) is 5.91 Å². The van der Waals surface area contributed by atoms with Gasteiger partial charge in [-0.15, -0.1) is 0 Å². The number of aliphatic hydroxyl groups is 1. The summed E-state index contributed by atoms with van der Waals surface area (Å²) in [6, 6.07) is 1.86. The van der Waals surface area contributed by atoms with Crippen LogP contribution in [0.2, 0.25) is 0 Å². The normalized spacial score (nSPS) is 19.6. The van der Waals surface area contributed by atoms with Gasteiger partial charge in [0.1, 0.15) is 11.8 Å². The number of piperazine rings is 1. The third kappa shape index (κ3) is 4.97. The Kier molecular flexibility index (Phi) is 7.42. The molecule has 3 rings (SSSR count). The monoisotopic (exact) mass is 476 g/mol. The molecule has 34 heavy (non-hydrogen) atoms. The van der Waals surface area contributed by atoms with Crippen LogP contribution in [0.3, 0.4) is 0 Å². The van der Waals surface area contributed by atoms with E-state index in [2.05, 4.69) is 10.6 Å². The molecular weight excluding hydrogens is 451 g/mol. The van der Waals surface area contributed by atoms with Crippen LogP contribution in [0.15, 0.2) is 18.2 Å². The van der Waals surface area contributed by atoms with Crippen molar-refractivity contribution < 1.29 is 43.9 Å². The average Bonchev–Trinajstić information content (AvgIpc) is 2.78. The van der Waals surface area contributed by atoms with Crippen LogP contribution in [0.1, 0.15) is 29.8 Å². The fourth-order valence-electron chi connectivity index (χ4n) is 3.77. The van der Waals surface area contributed by atoms with Crippen LogP contribution in [-0.4, -0.2) is 99.6 Å². The fraction of sp³-hybridized carbons (Fsp3) is 0.450. The number of amides is 5. The lowest BCUT2D eigenvalue weighted by Gasteiger charge is -2.33. The fourth-order valence-corrected chi connectivity index (χ4v) is 3.77. The molecule has 0 spiro atoms. The van der Waals surface area contributed by atoms with Crippen molar-refractivity contribution in [2.24, 2.45) is 0 Å². The lowest BCUT2D eigenvalue weighted by atomic mass is 9.72. The molecule has 0 radical (unpaired) electrons. The Morgan fingerprint density at radius 1 is 1.24 bits per heavy atom. The van der Waals surface area contributed by atoms with E-state index in [0.717, 1.165) is 0 Å². The van der Waals surface area contributed by atoms with Crippen LogP contribution in [0.5, 0.6) is 5.75 Å². The molecule has 1 fully saturated rings. The van der Waals surface area contributed by atoms with Gasteiger partial charge in [0, 0.05) is 19.6 Å². The van der Waals surface area contributed by atoms with Crippen molar-refractivity contribution in [3.8, 4) is 5.75 Å². The number of carbonyl (C=O) groups is 5. The number of benzene rings is 1. The Hall–Kier alpha value is -3.65. The standard InChI is InChI=1S/C20H25BN4O9/c1-3-24-7-8-25(18(29)17(24)28)20(32)23-14(10(2)26)16(27)22-13-9-11-5-4-6-12(19(30)31)15(11)34-21(13)33/h4-6,10,13-14,26,33H,3,7-9H2,1-2H3,(H,22,27)(H,23,32)(H,30,31)/t10-,13-,14+/m0/s1. The Labute approximate surface area is 194 Å². The first-order chi connectivity index (χ1) is 16.0. The zero-order valence-corrected chi connectivity index (χ0v) is 18.6. The molecule has 1 aromatic carbocycles. The number of hydrogen-bond donors (Lipinski definition) is 5. The summed E-state index contributed by atoms with van der Waals surface area (Å²) >= 11 is 0. The number of carbonyl (C=O) groups excluding carboxylic acids is 4. The van der Waals surface area contributed by atoms with Crippen LogP contribution < -0.4 is 15.3 Å². The zero-order chi connectivity index (χ0) is 25.2. The molecule has 0 bridgehead atoms. The predicted molar refractivity (Wildman–Crippen MR) is 116 cm³/mol. The van der Waals surface area contributed by atoms with Crippen molar-refractivity contribution in [1.82, 2.24) is 20.4 Å². The first-order valence-electron chi connectivity index (χ1n) is 10.6. The quantitative estimate of drug-likeness (QED) is 0.228. The lowest BCUT2D eigenvalue weighted by Crippen LogP contribution is -2.63. The number of likely N-dealkylation sites (N-methyl/N-ethyl adjacent to an activating group) is 1. The maximum Gasteiger partial charge on any atom is 0.547 e. The van der Waals surface area contributed by atoms with E-state index in [1.807, 2.05) is 0 Å². The van der Waals surface area contributed by atoms with E-state index in [4.69, 9.17) is 4.65 Å². The molecule has 3 atom stereocenters. The summed E-state index contributed by atoms with van der Waals surface area (Å²) in [5, 5.41) is 34.4. The minimum Gasteiger partial charge on any atom is -0.534 e. The van der Waals surface area contributed by atoms with E-state index >= 15 is 0 Å². The highest BCUT2D eigenvalue weighted by Gasteiger charge is 2.41. The molecule has 0 aliphatic carbocycles. The molecule has 1 aromatic rings. The van der Waals surface area contributed by atoms with E-state index in [-0.39, 0.29) is 30.8 Å². The van der Waals surface area contributed by atoms with Gasteiger partial charge in [0.15, 0.2) is 0 Å². The van der Waals surface area contributed by atoms with Gasteiger partial charge in [-0.3, -0.25) is 19.3 Å². The number of nitrogens with one attached hydrogen (secondary N) is 2. The lowest BCUT2D eigenvalue weighted by molar-refractivity contribution is -0.153. The van der Waals surface area contributed by atoms with Crippen LogP contribution >= 0.6 is 0 Å². The molecule has 182 valence electrons. The van der Waals surface area contributed by atoms with Gasteiger partial charge in [-0.25, -0.2) is 9.59 Å². The number of aromatic carboxylic acids is 1. The molecule has 0 aromatic heterocycles. The van der Waals surface area contributed by atoms with Gasteiger partial charge in [0.25, 0.3) is 0 Å². The maximum atomic E-state index is 12.8. The SMILES string of the molecule is CCN1CCN(C(=O)N[C@@H](C(=O)N[C@H]2Cc3cccc(C(=O)O)c3OB2O)[C@H](C)O)C(=O)C1=O. The largest absolute Gasteiger partial charge is 0.547 e. The van der Waals surface area contributed by atoms with Gasteiger partial charge >= 0.3 is 30.9 Å². The molecule has 0 saturated carbocycles. The molecule has 1 saturated heterocycles. The summed E-state index contributed by atoms with van der Waals surface area (Å²) in [6.45, 7) is 3.31. The summed E-state index contributed by atoms with van der Waals surface area (Å²) in [6.07, 6.45) is -1.37. The van der Waals surface area contributed by atoms with Crippen LogP contribution in [0, 0.1) is 0 Å². The molecule has 14 heteroatoms.